The second kappa shape index (κ2) is 3.85. The summed E-state index contributed by atoms with van der Waals surface area (Å²) in [5, 5.41) is 1.88. The highest BCUT2D eigenvalue weighted by Crippen LogP contribution is 2.27. The number of rotatable bonds is 2. The molecule has 80 valence electrons. The van der Waals surface area contributed by atoms with Crippen LogP contribution in [0.1, 0.15) is 13.8 Å². The fourth-order valence-electron chi connectivity index (χ4n) is 1.69. The molecule has 1 aliphatic heterocycles. The fraction of sp³-hybridized carbons (Fsp3) is 0.333. The van der Waals surface area contributed by atoms with Crippen LogP contribution in [0.5, 0.6) is 5.75 Å². The summed E-state index contributed by atoms with van der Waals surface area (Å²) in [6.07, 6.45) is 2.09. The highest BCUT2D eigenvalue weighted by atomic mass is 16.7. The first-order valence-corrected chi connectivity index (χ1v) is 5.00. The van der Waals surface area contributed by atoms with Crippen LogP contribution in [-0.2, 0) is 4.84 Å². The molecule has 0 saturated carbocycles. The number of hydroxylamine groups is 1. The molecule has 1 atom stereocenters. The second-order valence-corrected chi connectivity index (χ2v) is 3.63. The molecule has 1 aromatic carbocycles. The molecular formula is C12H15NO2. The lowest BCUT2D eigenvalue weighted by Crippen LogP contribution is -2.25. The van der Waals surface area contributed by atoms with E-state index in [2.05, 4.69) is 13.0 Å². The van der Waals surface area contributed by atoms with Gasteiger partial charge in [-0.25, -0.2) is 5.06 Å². The van der Waals surface area contributed by atoms with E-state index in [1.807, 2.05) is 36.3 Å². The van der Waals surface area contributed by atoms with Crippen molar-refractivity contribution in [3.05, 3.63) is 36.1 Å². The van der Waals surface area contributed by atoms with Gasteiger partial charge < -0.3 is 9.57 Å². The lowest BCUT2D eigenvalue weighted by atomic mass is 10.2. The standard InChI is InChI=1S/C12H15NO2/c1-9-8-10(2)15-13(9)11-4-6-12(14-3)7-5-11/h4-9H,1-3H3. The van der Waals surface area contributed by atoms with E-state index in [4.69, 9.17) is 9.57 Å². The minimum atomic E-state index is 0.276. The number of nitrogens with zero attached hydrogens (tertiary/aromatic N) is 1. The monoisotopic (exact) mass is 205 g/mol. The minimum Gasteiger partial charge on any atom is -0.497 e. The summed E-state index contributed by atoms with van der Waals surface area (Å²) in [5.74, 6) is 1.80. The average molecular weight is 205 g/mol. The molecule has 0 radical (unpaired) electrons. The zero-order valence-corrected chi connectivity index (χ0v) is 9.23. The maximum absolute atomic E-state index is 5.59. The van der Waals surface area contributed by atoms with Crippen molar-refractivity contribution in [2.75, 3.05) is 12.2 Å². The first kappa shape index (κ1) is 9.90. The van der Waals surface area contributed by atoms with Gasteiger partial charge in [-0.1, -0.05) is 0 Å². The summed E-state index contributed by atoms with van der Waals surface area (Å²) in [4.78, 5) is 5.59. The molecule has 15 heavy (non-hydrogen) atoms. The highest BCUT2D eigenvalue weighted by Gasteiger charge is 2.21. The average Bonchev–Trinajstić information content (AvgIpc) is 2.58. The molecule has 1 heterocycles. The van der Waals surface area contributed by atoms with E-state index in [0.29, 0.717) is 0 Å². The number of benzene rings is 1. The molecule has 0 aliphatic carbocycles. The third kappa shape index (κ3) is 1.91. The Morgan fingerprint density at radius 3 is 2.40 bits per heavy atom. The zero-order valence-electron chi connectivity index (χ0n) is 9.23. The summed E-state index contributed by atoms with van der Waals surface area (Å²) >= 11 is 0. The van der Waals surface area contributed by atoms with Gasteiger partial charge in [0.05, 0.1) is 18.8 Å². The summed E-state index contributed by atoms with van der Waals surface area (Å²) in [6, 6.07) is 8.11. The molecule has 0 bridgehead atoms. The second-order valence-electron chi connectivity index (χ2n) is 3.63. The lowest BCUT2D eigenvalue weighted by molar-refractivity contribution is 0.198. The lowest BCUT2D eigenvalue weighted by Gasteiger charge is -2.22. The van der Waals surface area contributed by atoms with E-state index in [1.165, 1.54) is 0 Å². The number of methoxy groups -OCH3 is 1. The largest absolute Gasteiger partial charge is 0.497 e. The topological polar surface area (TPSA) is 21.7 Å². The maximum Gasteiger partial charge on any atom is 0.127 e. The van der Waals surface area contributed by atoms with E-state index >= 15 is 0 Å². The van der Waals surface area contributed by atoms with Gasteiger partial charge in [-0.15, -0.1) is 0 Å². The van der Waals surface area contributed by atoms with Gasteiger partial charge in [0, 0.05) is 0 Å². The molecule has 2 rings (SSSR count). The molecule has 0 saturated heterocycles. The molecule has 1 aliphatic rings. The van der Waals surface area contributed by atoms with Crippen LogP contribution >= 0.6 is 0 Å². The molecular weight excluding hydrogens is 190 g/mol. The molecule has 0 amide bonds. The maximum atomic E-state index is 5.59. The molecule has 0 aromatic heterocycles. The van der Waals surface area contributed by atoms with Crippen LogP contribution in [0.15, 0.2) is 36.1 Å². The van der Waals surface area contributed by atoms with Gasteiger partial charge >= 0.3 is 0 Å². The first-order valence-electron chi connectivity index (χ1n) is 5.00. The molecule has 3 heteroatoms. The van der Waals surface area contributed by atoms with Crippen LogP contribution in [-0.4, -0.2) is 13.2 Å². The van der Waals surface area contributed by atoms with Gasteiger partial charge in [0.1, 0.15) is 11.5 Å². The summed E-state index contributed by atoms with van der Waals surface area (Å²) in [5.41, 5.74) is 1.04. The number of allylic oxidation sites excluding steroid dienone is 1. The van der Waals surface area contributed by atoms with Gasteiger partial charge in [-0.2, -0.15) is 0 Å². The molecule has 0 N–H and O–H groups in total. The van der Waals surface area contributed by atoms with Gasteiger partial charge in [0.25, 0.3) is 0 Å². The Morgan fingerprint density at radius 1 is 1.27 bits per heavy atom. The SMILES string of the molecule is COc1ccc(N2OC(C)=CC2C)cc1. The molecule has 3 nitrogen and oxygen atoms in total. The van der Waals surface area contributed by atoms with Gasteiger partial charge in [0.2, 0.25) is 0 Å². The summed E-state index contributed by atoms with van der Waals surface area (Å²) < 4.78 is 5.11. The third-order valence-corrected chi connectivity index (χ3v) is 2.42. The summed E-state index contributed by atoms with van der Waals surface area (Å²) in [7, 11) is 1.66. The van der Waals surface area contributed by atoms with Crippen molar-refractivity contribution in [1.29, 1.82) is 0 Å². The Bertz CT molecular complexity index is 370. The minimum absolute atomic E-state index is 0.276. The Labute approximate surface area is 89.9 Å². The predicted octanol–water partition coefficient (Wildman–Crippen LogP) is 2.74. The Kier molecular flexibility index (Phi) is 2.54. The smallest absolute Gasteiger partial charge is 0.127 e. The van der Waals surface area contributed by atoms with Crippen LogP contribution < -0.4 is 9.80 Å². The van der Waals surface area contributed by atoms with Crippen molar-refractivity contribution in [3.63, 3.8) is 0 Å². The van der Waals surface area contributed by atoms with Crippen LogP contribution in [0.4, 0.5) is 5.69 Å². The van der Waals surface area contributed by atoms with Gasteiger partial charge in [0.15, 0.2) is 0 Å². The molecule has 1 aromatic rings. The van der Waals surface area contributed by atoms with E-state index < -0.39 is 0 Å². The molecule has 0 spiro atoms. The van der Waals surface area contributed by atoms with Gasteiger partial charge in [-0.3, -0.25) is 0 Å². The number of anilines is 1. The van der Waals surface area contributed by atoms with Crippen LogP contribution in [0, 0.1) is 0 Å². The Morgan fingerprint density at radius 2 is 1.93 bits per heavy atom. The van der Waals surface area contributed by atoms with Crippen molar-refractivity contribution >= 4 is 5.69 Å². The fourth-order valence-corrected chi connectivity index (χ4v) is 1.69. The third-order valence-electron chi connectivity index (χ3n) is 2.42. The number of ether oxygens (including phenoxy) is 1. The molecule has 1 unspecified atom stereocenters. The van der Waals surface area contributed by atoms with Gasteiger partial charge in [-0.05, 0) is 44.2 Å². The van der Waals surface area contributed by atoms with E-state index in [0.717, 1.165) is 17.2 Å². The predicted molar refractivity (Wildman–Crippen MR) is 59.8 cm³/mol. The summed E-state index contributed by atoms with van der Waals surface area (Å²) in [6.45, 7) is 4.06. The normalized spacial score (nSPS) is 19.8. The van der Waals surface area contributed by atoms with E-state index in [9.17, 15) is 0 Å². The number of hydrogen-bond acceptors (Lipinski definition) is 3. The zero-order chi connectivity index (χ0) is 10.8. The Balaban J connectivity index is 2.17. The van der Waals surface area contributed by atoms with Crippen molar-refractivity contribution in [1.82, 2.24) is 0 Å². The van der Waals surface area contributed by atoms with Crippen molar-refractivity contribution < 1.29 is 9.57 Å². The van der Waals surface area contributed by atoms with Crippen molar-refractivity contribution in [2.45, 2.75) is 19.9 Å². The van der Waals surface area contributed by atoms with Crippen LogP contribution in [0.25, 0.3) is 0 Å². The molecule has 0 fully saturated rings. The van der Waals surface area contributed by atoms with E-state index in [-0.39, 0.29) is 6.04 Å². The quantitative estimate of drug-likeness (QED) is 0.741. The highest BCUT2D eigenvalue weighted by molar-refractivity contribution is 5.49. The van der Waals surface area contributed by atoms with Crippen molar-refractivity contribution in [2.24, 2.45) is 0 Å². The van der Waals surface area contributed by atoms with Crippen LogP contribution in [0.2, 0.25) is 0 Å². The Hall–Kier alpha value is -1.64. The van der Waals surface area contributed by atoms with Crippen LogP contribution in [0.3, 0.4) is 0 Å². The van der Waals surface area contributed by atoms with E-state index in [1.54, 1.807) is 7.11 Å². The first-order chi connectivity index (χ1) is 7.20. The van der Waals surface area contributed by atoms with Crippen molar-refractivity contribution in [3.8, 4) is 5.75 Å². The number of hydrogen-bond donors (Lipinski definition) is 0.